The zero-order valence-corrected chi connectivity index (χ0v) is 26.7. The number of carbonyl (C=O) groups is 1. The van der Waals surface area contributed by atoms with Crippen LogP contribution in [0.4, 0.5) is 38.0 Å². The second-order valence-electron chi connectivity index (χ2n) is 12.5. The average molecular weight is 683 g/mol. The Bertz CT molecular complexity index is 1930. The Morgan fingerprint density at radius 2 is 1.82 bits per heavy atom. The fourth-order valence-electron chi connectivity index (χ4n) is 6.39. The lowest BCUT2D eigenvalue weighted by atomic mass is 9.96. The number of anilines is 2. The number of likely N-dealkylation sites (tertiary alicyclic amines) is 1. The summed E-state index contributed by atoms with van der Waals surface area (Å²) >= 11 is 0. The first-order valence-electron chi connectivity index (χ1n) is 15.7. The summed E-state index contributed by atoms with van der Waals surface area (Å²) in [5.41, 5.74) is -1.15. The van der Waals surface area contributed by atoms with Crippen LogP contribution in [-0.2, 0) is 32.5 Å². The molecule has 0 unspecified atom stereocenters. The number of benzene rings is 2. The first-order chi connectivity index (χ1) is 23.2. The van der Waals surface area contributed by atoms with Gasteiger partial charge in [-0.2, -0.15) is 31.6 Å². The summed E-state index contributed by atoms with van der Waals surface area (Å²) in [5, 5.41) is 19.9. The first kappa shape index (κ1) is 33.9. The zero-order valence-electron chi connectivity index (χ0n) is 26.7. The van der Waals surface area contributed by atoms with E-state index in [9.17, 15) is 31.1 Å². The number of nitrogens with one attached hydrogen (secondary N) is 1. The van der Waals surface area contributed by atoms with Gasteiger partial charge in [0, 0.05) is 44.2 Å². The summed E-state index contributed by atoms with van der Waals surface area (Å²) in [7, 11) is 1.63. The van der Waals surface area contributed by atoms with Crippen molar-refractivity contribution < 1.29 is 31.1 Å². The molecule has 6 rings (SSSR count). The van der Waals surface area contributed by atoms with E-state index >= 15 is 0 Å². The predicted octanol–water partition coefficient (Wildman–Crippen LogP) is 7.30. The number of aryl methyl sites for hydroxylation is 1. The van der Waals surface area contributed by atoms with Gasteiger partial charge in [0.2, 0.25) is 0 Å². The molecule has 0 spiro atoms. The topological polar surface area (TPSA) is 103 Å². The smallest absolute Gasteiger partial charge is 0.370 e. The van der Waals surface area contributed by atoms with E-state index in [1.807, 2.05) is 6.07 Å². The fourth-order valence-corrected chi connectivity index (χ4v) is 6.39. The van der Waals surface area contributed by atoms with Crippen LogP contribution in [0.15, 0.2) is 48.8 Å². The van der Waals surface area contributed by atoms with Gasteiger partial charge in [-0.3, -0.25) is 14.6 Å². The molecule has 0 bridgehead atoms. The Morgan fingerprint density at radius 3 is 2.47 bits per heavy atom. The van der Waals surface area contributed by atoms with Gasteiger partial charge in [-0.05, 0) is 90.0 Å². The van der Waals surface area contributed by atoms with Gasteiger partial charge in [0.05, 0.1) is 23.7 Å². The van der Waals surface area contributed by atoms with Crippen molar-refractivity contribution in [2.75, 3.05) is 29.9 Å². The van der Waals surface area contributed by atoms with Gasteiger partial charge in [-0.25, -0.2) is 4.98 Å². The van der Waals surface area contributed by atoms with Gasteiger partial charge in [0.25, 0.3) is 5.91 Å². The standard InChI is InChI=1S/C34H32F6N8O/c1-20-7-10-47(16-20)17-21-11-26-27(28(12-21)34(38,39)40)18-48(32(26)49)30-14-22(13-29(44-30)42-9-4-3-8-41)25-15-23(33(35,36)37)5-6-24(25)31-45-43-19-46(31)2/h5-6,11-15,19-20H,3-4,7,9-10,16-18H2,1-2H3,(H,42,44)/t20-/m1/s1. The minimum absolute atomic E-state index is 0.0501. The van der Waals surface area contributed by atoms with Crippen molar-refractivity contribution in [2.45, 2.75) is 51.6 Å². The van der Waals surface area contributed by atoms with Crippen LogP contribution in [0, 0.1) is 17.2 Å². The number of aromatic nitrogens is 4. The van der Waals surface area contributed by atoms with E-state index in [-0.39, 0.29) is 59.2 Å². The highest BCUT2D eigenvalue weighted by Crippen LogP contribution is 2.42. The van der Waals surface area contributed by atoms with Gasteiger partial charge < -0.3 is 9.88 Å². The van der Waals surface area contributed by atoms with Gasteiger partial charge in [-0.15, -0.1) is 10.2 Å². The number of alkyl halides is 6. The molecule has 49 heavy (non-hydrogen) atoms. The van der Waals surface area contributed by atoms with Crippen LogP contribution in [0.1, 0.15) is 58.8 Å². The van der Waals surface area contributed by atoms with E-state index in [0.717, 1.165) is 42.6 Å². The van der Waals surface area contributed by atoms with Gasteiger partial charge in [-0.1, -0.05) is 6.92 Å². The number of hydrogen-bond donors (Lipinski definition) is 1. The van der Waals surface area contributed by atoms with Crippen molar-refractivity contribution in [1.29, 1.82) is 5.26 Å². The quantitative estimate of drug-likeness (QED) is 0.146. The third kappa shape index (κ3) is 7.10. The number of unbranched alkanes of at least 4 members (excludes halogenated alkanes) is 1. The molecule has 2 aromatic carbocycles. The Hall–Kier alpha value is -4.97. The number of nitriles is 1. The molecule has 2 aliphatic rings. The number of carbonyl (C=O) groups excluding carboxylic acids is 1. The SMILES string of the molecule is C[C@@H]1CCN(Cc2cc3c(c(C(F)(F)F)c2)CN(c2cc(-c4cc(C(F)(F)F)ccc4-c4nncn4C)cc(NCCCC#N)n2)C3=O)C1. The lowest BCUT2D eigenvalue weighted by molar-refractivity contribution is -0.138. The van der Waals surface area contributed by atoms with Crippen molar-refractivity contribution in [2.24, 2.45) is 13.0 Å². The number of hydrogen-bond acceptors (Lipinski definition) is 7. The molecular weight excluding hydrogens is 650 g/mol. The molecule has 1 saturated heterocycles. The number of fused-ring (bicyclic) bond motifs is 1. The largest absolute Gasteiger partial charge is 0.416 e. The number of nitrogens with zero attached hydrogens (tertiary/aromatic N) is 7. The molecule has 4 aromatic rings. The van der Waals surface area contributed by atoms with E-state index in [0.29, 0.717) is 23.5 Å². The summed E-state index contributed by atoms with van der Waals surface area (Å²) in [6.07, 6.45) is -6.45. The highest BCUT2D eigenvalue weighted by Gasteiger charge is 2.41. The molecule has 15 heteroatoms. The molecule has 1 fully saturated rings. The van der Waals surface area contributed by atoms with E-state index < -0.39 is 35.9 Å². The molecule has 256 valence electrons. The lowest BCUT2D eigenvalue weighted by Gasteiger charge is -2.20. The monoisotopic (exact) mass is 682 g/mol. The molecule has 1 N–H and O–H groups in total. The maximum Gasteiger partial charge on any atom is 0.416 e. The molecule has 1 atom stereocenters. The maximum absolute atomic E-state index is 14.5. The minimum atomic E-state index is -4.74. The highest BCUT2D eigenvalue weighted by molar-refractivity contribution is 6.10. The Kier molecular flexibility index (Phi) is 9.10. The third-order valence-corrected chi connectivity index (χ3v) is 8.79. The fraction of sp³-hybridized carbons (Fsp3) is 0.382. The van der Waals surface area contributed by atoms with E-state index in [1.54, 1.807) is 7.05 Å². The van der Waals surface area contributed by atoms with Crippen molar-refractivity contribution in [3.05, 3.63) is 76.6 Å². The molecule has 2 aromatic heterocycles. The molecule has 1 amide bonds. The van der Waals surface area contributed by atoms with Gasteiger partial charge in [0.1, 0.15) is 18.0 Å². The van der Waals surface area contributed by atoms with Crippen LogP contribution in [-0.4, -0.2) is 50.2 Å². The Morgan fingerprint density at radius 1 is 1.02 bits per heavy atom. The summed E-state index contributed by atoms with van der Waals surface area (Å²) in [6, 6.07) is 10.7. The van der Waals surface area contributed by atoms with Crippen LogP contribution in [0.25, 0.3) is 22.5 Å². The van der Waals surface area contributed by atoms with Crippen LogP contribution in [0.2, 0.25) is 0 Å². The number of pyridine rings is 1. The summed E-state index contributed by atoms with van der Waals surface area (Å²) in [6.45, 7) is 3.66. The summed E-state index contributed by atoms with van der Waals surface area (Å²) in [4.78, 5) is 21.6. The second kappa shape index (κ2) is 13.1. The number of halogens is 6. The first-order valence-corrected chi connectivity index (χ1v) is 15.7. The van der Waals surface area contributed by atoms with Crippen LogP contribution in [0.5, 0.6) is 0 Å². The van der Waals surface area contributed by atoms with Crippen LogP contribution in [0.3, 0.4) is 0 Å². The van der Waals surface area contributed by atoms with E-state index in [4.69, 9.17) is 5.26 Å². The second-order valence-corrected chi connectivity index (χ2v) is 12.5. The molecule has 0 aliphatic carbocycles. The maximum atomic E-state index is 14.5. The number of amides is 1. The van der Waals surface area contributed by atoms with Crippen molar-refractivity contribution in [1.82, 2.24) is 24.6 Å². The van der Waals surface area contributed by atoms with Crippen molar-refractivity contribution in [3.63, 3.8) is 0 Å². The van der Waals surface area contributed by atoms with Crippen LogP contribution < -0.4 is 10.2 Å². The van der Waals surface area contributed by atoms with E-state index in [1.165, 1.54) is 35.2 Å². The lowest BCUT2D eigenvalue weighted by Crippen LogP contribution is -2.24. The molecule has 4 heterocycles. The third-order valence-electron chi connectivity index (χ3n) is 8.79. The molecule has 9 nitrogen and oxygen atoms in total. The van der Waals surface area contributed by atoms with Crippen molar-refractivity contribution in [3.8, 4) is 28.6 Å². The molecule has 0 saturated carbocycles. The normalized spacial score (nSPS) is 16.7. The van der Waals surface area contributed by atoms with E-state index in [2.05, 4.69) is 32.3 Å². The minimum Gasteiger partial charge on any atom is -0.370 e. The van der Waals surface area contributed by atoms with Gasteiger partial charge >= 0.3 is 12.4 Å². The summed E-state index contributed by atoms with van der Waals surface area (Å²) < 4.78 is 86.8. The predicted molar refractivity (Wildman–Crippen MR) is 169 cm³/mol. The Balaban J connectivity index is 1.46. The molecule has 2 aliphatic heterocycles. The van der Waals surface area contributed by atoms with Gasteiger partial charge in [0.15, 0.2) is 5.82 Å². The average Bonchev–Trinajstić information content (AvgIpc) is 3.75. The summed E-state index contributed by atoms with van der Waals surface area (Å²) in [5.74, 6) is 0.0989. The number of rotatable bonds is 9. The van der Waals surface area contributed by atoms with Crippen LogP contribution >= 0.6 is 0 Å². The van der Waals surface area contributed by atoms with Crippen molar-refractivity contribution >= 4 is 17.5 Å². The molecule has 0 radical (unpaired) electrons. The molecular formula is C34H32F6N8O. The highest BCUT2D eigenvalue weighted by atomic mass is 19.4. The Labute approximate surface area is 278 Å². The zero-order chi connectivity index (χ0) is 35.1.